The first-order valence-corrected chi connectivity index (χ1v) is 10.3. The first-order valence-electron chi connectivity index (χ1n) is 9.40. The number of hydrogen-bond acceptors (Lipinski definition) is 8. The molecule has 1 aliphatic rings. The van der Waals surface area contributed by atoms with Crippen LogP contribution in [0.5, 0.6) is 0 Å². The summed E-state index contributed by atoms with van der Waals surface area (Å²) >= 11 is 1.06. The number of pyridine rings is 1. The van der Waals surface area contributed by atoms with Gasteiger partial charge in [0.25, 0.3) is 0 Å². The van der Waals surface area contributed by atoms with Gasteiger partial charge in [-0.25, -0.2) is 4.98 Å². The molecule has 1 amide bonds. The molecule has 0 saturated carbocycles. The number of rotatable bonds is 6. The van der Waals surface area contributed by atoms with Crippen molar-refractivity contribution in [2.45, 2.75) is 35.8 Å². The number of aliphatic hydroxyl groups excluding tert-OH is 2. The fourth-order valence-electron chi connectivity index (χ4n) is 3.47. The van der Waals surface area contributed by atoms with Crippen molar-refractivity contribution < 1.29 is 15.0 Å². The Hall–Kier alpha value is -3.11. The monoisotopic (exact) mass is 423 g/mol. The molecule has 1 aromatic carbocycles. The third kappa shape index (κ3) is 4.10. The van der Waals surface area contributed by atoms with Gasteiger partial charge in [0.2, 0.25) is 5.91 Å². The van der Waals surface area contributed by atoms with Crippen LogP contribution in [0.25, 0.3) is 0 Å². The highest BCUT2D eigenvalue weighted by Crippen LogP contribution is 2.40. The summed E-state index contributed by atoms with van der Waals surface area (Å²) < 4.78 is 0. The fourth-order valence-corrected chi connectivity index (χ4v) is 4.53. The van der Waals surface area contributed by atoms with Crippen LogP contribution in [0.4, 0.5) is 5.82 Å². The van der Waals surface area contributed by atoms with E-state index in [1.807, 2.05) is 13.0 Å². The molecule has 2 heterocycles. The number of nitriles is 2. The van der Waals surface area contributed by atoms with Crippen LogP contribution in [0, 0.1) is 22.7 Å². The molecule has 2 aromatic rings. The van der Waals surface area contributed by atoms with Crippen LogP contribution in [0.1, 0.15) is 34.4 Å². The van der Waals surface area contributed by atoms with Gasteiger partial charge >= 0.3 is 0 Å². The number of nitrogens with zero attached hydrogens (tertiary/aromatic N) is 4. The Bertz CT molecular complexity index is 1020. The van der Waals surface area contributed by atoms with E-state index < -0.39 is 23.4 Å². The van der Waals surface area contributed by atoms with Crippen LogP contribution in [-0.2, 0) is 11.2 Å². The molecular weight excluding hydrogens is 402 g/mol. The molecule has 30 heavy (non-hydrogen) atoms. The molecule has 4 N–H and O–H groups in total. The molecule has 8 nitrogen and oxygen atoms in total. The number of amides is 1. The van der Waals surface area contributed by atoms with Crippen LogP contribution in [0.15, 0.2) is 35.4 Å². The molecule has 1 fully saturated rings. The Morgan fingerprint density at radius 1 is 1.23 bits per heavy atom. The molecule has 1 aliphatic heterocycles. The second-order valence-electron chi connectivity index (χ2n) is 6.90. The first kappa shape index (κ1) is 21.6. The average molecular weight is 423 g/mol. The third-order valence-electron chi connectivity index (χ3n) is 4.97. The number of carbonyl (C=O) groups is 1. The summed E-state index contributed by atoms with van der Waals surface area (Å²) in [4.78, 5) is 18.3. The summed E-state index contributed by atoms with van der Waals surface area (Å²) in [7, 11) is 0. The van der Waals surface area contributed by atoms with E-state index in [0.717, 1.165) is 11.8 Å². The Morgan fingerprint density at radius 3 is 2.33 bits per heavy atom. The maximum Gasteiger partial charge on any atom is 0.235 e. The molecule has 0 radical (unpaired) electrons. The first-order chi connectivity index (χ1) is 14.4. The van der Waals surface area contributed by atoms with Gasteiger partial charge < -0.3 is 20.8 Å². The lowest BCUT2D eigenvalue weighted by molar-refractivity contribution is -0.117. The molecule has 0 spiro atoms. The number of benzene rings is 1. The average Bonchev–Trinajstić information content (AvgIpc) is 3.09. The smallest absolute Gasteiger partial charge is 0.235 e. The van der Waals surface area contributed by atoms with Gasteiger partial charge in [-0.2, -0.15) is 10.5 Å². The number of aromatic nitrogens is 1. The van der Waals surface area contributed by atoms with E-state index in [1.165, 1.54) is 0 Å². The molecule has 3 atom stereocenters. The predicted octanol–water partition coefficient (Wildman–Crippen LogP) is 1.25. The molecule has 3 rings (SSSR count). The quantitative estimate of drug-likeness (QED) is 0.588. The van der Waals surface area contributed by atoms with E-state index in [0.29, 0.717) is 17.5 Å². The molecule has 1 unspecified atom stereocenters. The van der Waals surface area contributed by atoms with Crippen molar-refractivity contribution in [3.63, 3.8) is 0 Å². The lowest BCUT2D eigenvalue weighted by Gasteiger charge is -2.22. The van der Waals surface area contributed by atoms with E-state index in [1.54, 1.807) is 29.2 Å². The second-order valence-corrected chi connectivity index (χ2v) is 7.99. The second kappa shape index (κ2) is 9.14. The minimum Gasteiger partial charge on any atom is -0.389 e. The molecular formula is C21H21N5O3S. The fraction of sp³-hybridized carbons (Fsp3) is 0.333. The van der Waals surface area contributed by atoms with Crippen molar-refractivity contribution in [1.29, 1.82) is 10.5 Å². The lowest BCUT2D eigenvalue weighted by Crippen LogP contribution is -2.25. The third-order valence-corrected chi connectivity index (χ3v) is 6.23. The summed E-state index contributed by atoms with van der Waals surface area (Å²) in [6.07, 6.45) is -1.52. The summed E-state index contributed by atoms with van der Waals surface area (Å²) in [6, 6.07) is 13.2. The Morgan fingerprint density at radius 2 is 1.83 bits per heavy atom. The van der Waals surface area contributed by atoms with Crippen LogP contribution in [-0.4, -0.2) is 46.4 Å². The maximum atomic E-state index is 12.2. The topological polar surface area (TPSA) is 147 Å². The summed E-state index contributed by atoms with van der Waals surface area (Å²) in [6.45, 7) is 2.05. The number of aliphatic hydroxyl groups is 2. The van der Waals surface area contributed by atoms with Gasteiger partial charge in [0, 0.05) is 13.1 Å². The van der Waals surface area contributed by atoms with E-state index >= 15 is 0 Å². The zero-order valence-electron chi connectivity index (χ0n) is 16.3. The van der Waals surface area contributed by atoms with Crippen molar-refractivity contribution in [3.05, 3.63) is 52.6 Å². The van der Waals surface area contributed by atoms with E-state index in [-0.39, 0.29) is 35.1 Å². The standard InChI is InChI=1S/C21H21N5O3S/c1-2-13-14(8-22)20(26-10-16(27)17(28)11-26)25-21(15(13)9-23)30-18(19(24)29)12-6-4-3-5-7-12/h3-7,16-18,27-28H,2,10-11H2,1H3,(H2,24,29)/t16-,17+,18?. The highest BCUT2D eigenvalue weighted by molar-refractivity contribution is 8.00. The zero-order valence-corrected chi connectivity index (χ0v) is 17.1. The van der Waals surface area contributed by atoms with E-state index in [9.17, 15) is 25.5 Å². The number of carbonyl (C=O) groups excluding carboxylic acids is 1. The van der Waals surface area contributed by atoms with Crippen LogP contribution in [0.3, 0.4) is 0 Å². The zero-order chi connectivity index (χ0) is 21.8. The van der Waals surface area contributed by atoms with E-state index in [2.05, 4.69) is 17.1 Å². The molecule has 154 valence electrons. The van der Waals surface area contributed by atoms with Gasteiger partial charge in [-0.15, -0.1) is 0 Å². The summed E-state index contributed by atoms with van der Waals surface area (Å²) in [5.74, 6) is -0.296. The lowest BCUT2D eigenvalue weighted by atomic mass is 10.0. The van der Waals surface area contributed by atoms with Gasteiger partial charge in [-0.1, -0.05) is 49.0 Å². The molecule has 1 saturated heterocycles. The Kier molecular flexibility index (Phi) is 6.58. The molecule has 1 aromatic heterocycles. The van der Waals surface area contributed by atoms with Crippen molar-refractivity contribution in [2.75, 3.05) is 18.0 Å². The minimum atomic E-state index is -0.960. The Balaban J connectivity index is 2.14. The van der Waals surface area contributed by atoms with Gasteiger partial charge in [0.15, 0.2) is 0 Å². The van der Waals surface area contributed by atoms with Crippen molar-refractivity contribution >= 4 is 23.5 Å². The van der Waals surface area contributed by atoms with E-state index in [4.69, 9.17) is 5.73 Å². The predicted molar refractivity (Wildman–Crippen MR) is 112 cm³/mol. The van der Waals surface area contributed by atoms with Gasteiger partial charge in [0.05, 0.1) is 23.3 Å². The van der Waals surface area contributed by atoms with Gasteiger partial charge in [0.1, 0.15) is 28.2 Å². The van der Waals surface area contributed by atoms with Crippen molar-refractivity contribution in [3.8, 4) is 12.1 Å². The van der Waals surface area contributed by atoms with Crippen LogP contribution >= 0.6 is 11.8 Å². The maximum absolute atomic E-state index is 12.2. The number of anilines is 1. The highest BCUT2D eigenvalue weighted by Gasteiger charge is 2.34. The Labute approximate surface area is 178 Å². The summed E-state index contributed by atoms with van der Waals surface area (Å²) in [5.41, 5.74) is 7.28. The molecule has 9 heteroatoms. The SMILES string of the molecule is CCc1c(C#N)c(SC(C(N)=O)c2ccccc2)nc(N2C[C@@H](O)[C@@H](O)C2)c1C#N. The normalized spacial score (nSPS) is 19.2. The highest BCUT2D eigenvalue weighted by atomic mass is 32.2. The molecule has 0 bridgehead atoms. The minimum absolute atomic E-state index is 0.111. The van der Waals surface area contributed by atoms with Crippen molar-refractivity contribution in [1.82, 2.24) is 4.98 Å². The number of nitrogens with two attached hydrogens (primary N) is 1. The largest absolute Gasteiger partial charge is 0.389 e. The van der Waals surface area contributed by atoms with Gasteiger partial charge in [-0.3, -0.25) is 4.79 Å². The number of thioether (sulfide) groups is 1. The number of primary amides is 1. The summed E-state index contributed by atoms with van der Waals surface area (Å²) in [5, 5.41) is 38.9. The number of hydrogen-bond donors (Lipinski definition) is 3. The molecule has 0 aliphatic carbocycles. The van der Waals surface area contributed by atoms with Crippen molar-refractivity contribution in [2.24, 2.45) is 5.73 Å². The number of β-amino-alcohol motifs (C(OH)–C–C–N with tert-alkyl or cyclic N) is 2. The van der Waals surface area contributed by atoms with Gasteiger partial charge in [-0.05, 0) is 17.5 Å². The van der Waals surface area contributed by atoms with Crippen LogP contribution in [0.2, 0.25) is 0 Å². The van der Waals surface area contributed by atoms with Crippen LogP contribution < -0.4 is 10.6 Å².